The van der Waals surface area contributed by atoms with Gasteiger partial charge >= 0.3 is 5.97 Å². The van der Waals surface area contributed by atoms with E-state index in [1.807, 2.05) is 6.92 Å². The number of hydrogen-bond acceptors (Lipinski definition) is 3. The van der Waals surface area contributed by atoms with Gasteiger partial charge in [-0.1, -0.05) is 6.92 Å². The summed E-state index contributed by atoms with van der Waals surface area (Å²) in [6, 6.07) is 1.36. The van der Waals surface area contributed by atoms with Crippen LogP contribution >= 0.6 is 0 Å². The molecule has 0 aliphatic heterocycles. The summed E-state index contributed by atoms with van der Waals surface area (Å²) in [6.45, 7) is 2.80. The molecule has 0 aliphatic rings. The van der Waals surface area contributed by atoms with E-state index < -0.39 is 11.8 Å². The molecule has 0 saturated carbocycles. The number of rotatable bonds is 5. The Balaban J connectivity index is 2.62. The van der Waals surface area contributed by atoms with Crippen molar-refractivity contribution in [2.45, 2.75) is 13.5 Å². The van der Waals surface area contributed by atoms with Crippen molar-refractivity contribution in [2.24, 2.45) is 0 Å². The molecule has 82 valence electrons. The lowest BCUT2D eigenvalue weighted by molar-refractivity contribution is -0.138. The van der Waals surface area contributed by atoms with Crippen molar-refractivity contribution in [3.8, 4) is 0 Å². The topological polar surface area (TPSA) is 53.4 Å². The van der Waals surface area contributed by atoms with Crippen molar-refractivity contribution in [1.82, 2.24) is 9.88 Å². The molecule has 0 fully saturated rings. The van der Waals surface area contributed by atoms with E-state index in [2.05, 4.69) is 4.98 Å². The summed E-state index contributed by atoms with van der Waals surface area (Å²) in [5.74, 6) is -1.29. The van der Waals surface area contributed by atoms with Crippen LogP contribution in [0.5, 0.6) is 0 Å². The number of nitrogens with zero attached hydrogens (tertiary/aromatic N) is 2. The Kier molecular flexibility index (Phi) is 4.17. The molecular weight excluding hydrogens is 199 g/mol. The zero-order valence-corrected chi connectivity index (χ0v) is 8.48. The second kappa shape index (κ2) is 5.41. The van der Waals surface area contributed by atoms with Crippen LogP contribution in [0.15, 0.2) is 18.5 Å². The minimum absolute atomic E-state index is 0.0486. The van der Waals surface area contributed by atoms with E-state index in [-0.39, 0.29) is 6.54 Å². The van der Waals surface area contributed by atoms with Crippen molar-refractivity contribution in [1.29, 1.82) is 0 Å². The molecule has 1 N–H and O–H groups in total. The maximum Gasteiger partial charge on any atom is 0.317 e. The fourth-order valence-corrected chi connectivity index (χ4v) is 1.27. The smallest absolute Gasteiger partial charge is 0.317 e. The van der Waals surface area contributed by atoms with Crippen molar-refractivity contribution >= 4 is 5.97 Å². The third-order valence-corrected chi connectivity index (χ3v) is 1.97. The number of carboxylic acid groups (broad SMARTS) is 1. The first-order chi connectivity index (χ1) is 7.11. The molecule has 0 aliphatic carbocycles. The highest BCUT2D eigenvalue weighted by atomic mass is 19.1. The van der Waals surface area contributed by atoms with Crippen molar-refractivity contribution in [3.63, 3.8) is 0 Å². The maximum atomic E-state index is 12.8. The van der Waals surface area contributed by atoms with Crippen LogP contribution in [0.1, 0.15) is 12.5 Å². The molecule has 15 heavy (non-hydrogen) atoms. The molecule has 0 unspecified atom stereocenters. The highest BCUT2D eigenvalue weighted by Crippen LogP contribution is 2.04. The molecule has 0 saturated heterocycles. The zero-order valence-electron chi connectivity index (χ0n) is 8.48. The van der Waals surface area contributed by atoms with E-state index in [4.69, 9.17) is 5.11 Å². The van der Waals surface area contributed by atoms with E-state index in [0.717, 1.165) is 6.20 Å². The molecule has 4 nitrogen and oxygen atoms in total. The lowest BCUT2D eigenvalue weighted by Crippen LogP contribution is -2.29. The normalized spacial score (nSPS) is 10.6. The Morgan fingerprint density at radius 2 is 2.33 bits per heavy atom. The second-order valence-corrected chi connectivity index (χ2v) is 3.21. The Morgan fingerprint density at radius 3 is 2.87 bits per heavy atom. The van der Waals surface area contributed by atoms with E-state index >= 15 is 0 Å². The summed E-state index contributed by atoms with van der Waals surface area (Å²) in [7, 11) is 0. The van der Waals surface area contributed by atoms with Gasteiger partial charge in [-0.25, -0.2) is 4.39 Å². The monoisotopic (exact) mass is 212 g/mol. The van der Waals surface area contributed by atoms with Crippen LogP contribution < -0.4 is 0 Å². The largest absolute Gasteiger partial charge is 0.480 e. The Labute approximate surface area is 87.4 Å². The fraction of sp³-hybridized carbons (Fsp3) is 0.400. The Morgan fingerprint density at radius 1 is 1.60 bits per heavy atom. The van der Waals surface area contributed by atoms with Crippen LogP contribution in [-0.4, -0.2) is 34.0 Å². The molecule has 5 heteroatoms. The highest BCUT2D eigenvalue weighted by Gasteiger charge is 2.08. The van der Waals surface area contributed by atoms with E-state index in [1.165, 1.54) is 12.3 Å². The maximum absolute atomic E-state index is 12.8. The molecule has 0 radical (unpaired) electrons. The van der Waals surface area contributed by atoms with Gasteiger partial charge in [0.25, 0.3) is 0 Å². The first-order valence-corrected chi connectivity index (χ1v) is 4.65. The van der Waals surface area contributed by atoms with E-state index in [1.54, 1.807) is 4.90 Å². The first-order valence-electron chi connectivity index (χ1n) is 4.65. The predicted octanol–water partition coefficient (Wildman–Crippen LogP) is 1.13. The minimum atomic E-state index is -0.888. The van der Waals surface area contributed by atoms with Gasteiger partial charge in [0.05, 0.1) is 12.7 Å². The van der Waals surface area contributed by atoms with Crippen LogP contribution in [0.3, 0.4) is 0 Å². The van der Waals surface area contributed by atoms with Gasteiger partial charge in [-0.15, -0.1) is 0 Å². The number of hydrogen-bond donors (Lipinski definition) is 1. The lowest BCUT2D eigenvalue weighted by Gasteiger charge is -2.17. The van der Waals surface area contributed by atoms with Gasteiger partial charge in [-0.3, -0.25) is 14.7 Å². The molecule has 0 spiro atoms. The van der Waals surface area contributed by atoms with Crippen LogP contribution in [0.4, 0.5) is 4.39 Å². The molecule has 0 amide bonds. The number of halogens is 1. The predicted molar refractivity (Wildman–Crippen MR) is 52.8 cm³/mol. The molecule has 1 rings (SSSR count). The molecule has 1 heterocycles. The van der Waals surface area contributed by atoms with Gasteiger partial charge in [-0.05, 0) is 18.2 Å². The molecule has 0 aromatic carbocycles. The summed E-state index contributed by atoms with van der Waals surface area (Å²) < 4.78 is 12.8. The number of likely N-dealkylation sites (N-methyl/N-ethyl adjacent to an activating group) is 1. The van der Waals surface area contributed by atoms with E-state index in [9.17, 15) is 9.18 Å². The fourth-order valence-electron chi connectivity index (χ4n) is 1.27. The zero-order chi connectivity index (χ0) is 11.3. The van der Waals surface area contributed by atoms with Gasteiger partial charge in [0.2, 0.25) is 0 Å². The quantitative estimate of drug-likeness (QED) is 0.794. The number of aliphatic carboxylic acids is 1. The van der Waals surface area contributed by atoms with E-state index in [0.29, 0.717) is 18.7 Å². The van der Waals surface area contributed by atoms with Gasteiger partial charge < -0.3 is 5.11 Å². The summed E-state index contributed by atoms with van der Waals surface area (Å²) in [6.07, 6.45) is 2.66. The molecule has 1 aromatic heterocycles. The third kappa shape index (κ3) is 4.03. The van der Waals surface area contributed by atoms with Crippen LogP contribution in [0.2, 0.25) is 0 Å². The van der Waals surface area contributed by atoms with Gasteiger partial charge in [0.1, 0.15) is 5.82 Å². The van der Waals surface area contributed by atoms with Gasteiger partial charge in [0.15, 0.2) is 0 Å². The summed E-state index contributed by atoms with van der Waals surface area (Å²) in [4.78, 5) is 15.9. The van der Waals surface area contributed by atoms with Crippen LogP contribution in [0.25, 0.3) is 0 Å². The molecule has 1 aromatic rings. The van der Waals surface area contributed by atoms with Gasteiger partial charge in [0, 0.05) is 12.7 Å². The third-order valence-electron chi connectivity index (χ3n) is 1.97. The highest BCUT2D eigenvalue weighted by molar-refractivity contribution is 5.69. The molecular formula is C10H13FN2O2. The number of aromatic nitrogens is 1. The second-order valence-electron chi connectivity index (χ2n) is 3.21. The SMILES string of the molecule is CCN(CC(=O)O)Cc1cncc(F)c1. The van der Waals surface area contributed by atoms with Crippen LogP contribution in [-0.2, 0) is 11.3 Å². The number of pyridine rings is 1. The van der Waals surface area contributed by atoms with Crippen LogP contribution in [0, 0.1) is 5.82 Å². The number of carboxylic acids is 1. The summed E-state index contributed by atoms with van der Waals surface area (Å²) in [5, 5.41) is 8.62. The van der Waals surface area contributed by atoms with Crippen molar-refractivity contribution in [3.05, 3.63) is 29.8 Å². The Hall–Kier alpha value is -1.49. The average Bonchev–Trinajstić information content (AvgIpc) is 2.16. The standard InChI is InChI=1S/C10H13FN2O2/c1-2-13(7-10(14)15)6-8-3-9(11)5-12-4-8/h3-5H,2,6-7H2,1H3,(H,14,15). The lowest BCUT2D eigenvalue weighted by atomic mass is 10.2. The van der Waals surface area contributed by atoms with Crippen molar-refractivity contribution < 1.29 is 14.3 Å². The van der Waals surface area contributed by atoms with Crippen molar-refractivity contribution in [2.75, 3.05) is 13.1 Å². The van der Waals surface area contributed by atoms with Gasteiger partial charge in [-0.2, -0.15) is 0 Å². The Bertz CT molecular complexity index is 344. The summed E-state index contributed by atoms with van der Waals surface area (Å²) in [5.41, 5.74) is 0.679. The summed E-state index contributed by atoms with van der Waals surface area (Å²) >= 11 is 0. The molecule has 0 atom stereocenters. The minimum Gasteiger partial charge on any atom is -0.480 e. The number of carbonyl (C=O) groups is 1. The molecule has 0 bridgehead atoms. The first kappa shape index (κ1) is 11.6. The average molecular weight is 212 g/mol.